The Morgan fingerprint density at radius 3 is 2.52 bits per heavy atom. The van der Waals surface area contributed by atoms with Gasteiger partial charge in [-0.05, 0) is 59.9 Å². The van der Waals surface area contributed by atoms with Crippen LogP contribution >= 0.6 is 23.2 Å². The number of primary amides is 1. The Labute approximate surface area is 155 Å². The summed E-state index contributed by atoms with van der Waals surface area (Å²) in [6, 6.07) is 15.2. The van der Waals surface area contributed by atoms with E-state index in [1.807, 2.05) is 47.1 Å². The lowest BCUT2D eigenvalue weighted by Gasteiger charge is -2.16. The molecule has 126 valence electrons. The highest BCUT2D eigenvalue weighted by atomic mass is 35.5. The van der Waals surface area contributed by atoms with Gasteiger partial charge in [0, 0.05) is 10.0 Å². The molecule has 1 heterocycles. The van der Waals surface area contributed by atoms with Crippen LogP contribution in [0.5, 0.6) is 0 Å². The molecule has 6 heteroatoms. The number of hydrogen-bond acceptors (Lipinski definition) is 2. The van der Waals surface area contributed by atoms with Gasteiger partial charge >= 0.3 is 0 Å². The highest BCUT2D eigenvalue weighted by Crippen LogP contribution is 2.38. The van der Waals surface area contributed by atoms with Crippen molar-refractivity contribution in [3.63, 3.8) is 0 Å². The second kappa shape index (κ2) is 6.21. The molecule has 1 aliphatic carbocycles. The van der Waals surface area contributed by atoms with Crippen molar-refractivity contribution in [2.75, 3.05) is 0 Å². The number of halogens is 2. The molecule has 25 heavy (non-hydrogen) atoms. The molecule has 1 unspecified atom stereocenters. The van der Waals surface area contributed by atoms with Gasteiger partial charge in [-0.2, -0.15) is 5.10 Å². The number of aryl methyl sites for hydroxylation is 1. The predicted molar refractivity (Wildman–Crippen MR) is 99.1 cm³/mol. The summed E-state index contributed by atoms with van der Waals surface area (Å²) in [5.74, 6) is -0.539. The van der Waals surface area contributed by atoms with Gasteiger partial charge in [0.05, 0.1) is 11.7 Å². The van der Waals surface area contributed by atoms with Crippen LogP contribution in [0.15, 0.2) is 48.5 Å². The number of carbonyl (C=O) groups excluding carboxylic acids is 1. The second-order valence-electron chi connectivity index (χ2n) is 6.13. The van der Waals surface area contributed by atoms with Crippen LogP contribution in [0, 0.1) is 0 Å². The number of rotatable bonds is 3. The molecule has 0 saturated heterocycles. The first-order valence-corrected chi connectivity index (χ1v) is 8.72. The zero-order chi connectivity index (χ0) is 17.6. The number of hydrogen-bond donors (Lipinski definition) is 1. The van der Waals surface area contributed by atoms with E-state index in [1.165, 1.54) is 11.1 Å². The summed E-state index contributed by atoms with van der Waals surface area (Å²) in [5, 5.41) is 5.88. The van der Waals surface area contributed by atoms with E-state index in [1.54, 1.807) is 6.07 Å². The molecule has 0 radical (unpaired) electrons. The van der Waals surface area contributed by atoms with Gasteiger partial charge in [0.15, 0.2) is 5.69 Å². The minimum atomic E-state index is -0.539. The first kappa shape index (κ1) is 16.2. The molecular formula is C19H15Cl2N3O. The summed E-state index contributed by atoms with van der Waals surface area (Å²) in [6.45, 7) is 0. The quantitative estimate of drug-likeness (QED) is 0.736. The molecule has 0 aliphatic heterocycles. The van der Waals surface area contributed by atoms with Gasteiger partial charge in [0.1, 0.15) is 0 Å². The molecule has 1 amide bonds. The Kier molecular flexibility index (Phi) is 4.02. The Balaban J connectivity index is 1.85. The maximum atomic E-state index is 11.7. The lowest BCUT2D eigenvalue weighted by molar-refractivity contribution is 0.0994. The Morgan fingerprint density at radius 1 is 1.08 bits per heavy atom. The van der Waals surface area contributed by atoms with Crippen LogP contribution in [-0.2, 0) is 6.42 Å². The number of fused-ring (bicyclic) bond motifs is 1. The summed E-state index contributed by atoms with van der Waals surface area (Å²) >= 11 is 12.1. The summed E-state index contributed by atoms with van der Waals surface area (Å²) in [6.07, 6.45) is 1.82. The maximum absolute atomic E-state index is 11.7. The van der Waals surface area contributed by atoms with Crippen molar-refractivity contribution in [2.45, 2.75) is 18.9 Å². The smallest absolute Gasteiger partial charge is 0.269 e. The zero-order valence-electron chi connectivity index (χ0n) is 13.2. The minimum absolute atomic E-state index is 0.0473. The average Bonchev–Trinajstić information content (AvgIpc) is 3.19. The fraction of sp³-hybridized carbons (Fsp3) is 0.158. The number of nitrogens with zero attached hydrogens (tertiary/aromatic N) is 2. The van der Waals surface area contributed by atoms with Crippen LogP contribution in [0.3, 0.4) is 0 Å². The molecule has 2 aromatic carbocycles. The van der Waals surface area contributed by atoms with Gasteiger partial charge in [-0.25, -0.2) is 0 Å². The minimum Gasteiger partial charge on any atom is -0.364 e. The van der Waals surface area contributed by atoms with Gasteiger partial charge in [-0.1, -0.05) is 41.4 Å². The Bertz CT molecular complexity index is 963. The molecule has 1 aromatic heterocycles. The summed E-state index contributed by atoms with van der Waals surface area (Å²) in [5.41, 5.74) is 9.89. The highest BCUT2D eigenvalue weighted by Gasteiger charge is 2.28. The van der Waals surface area contributed by atoms with Crippen molar-refractivity contribution in [2.24, 2.45) is 5.73 Å². The first-order chi connectivity index (χ1) is 12.0. The zero-order valence-corrected chi connectivity index (χ0v) is 14.8. The molecule has 0 bridgehead atoms. The average molecular weight is 372 g/mol. The van der Waals surface area contributed by atoms with Crippen LogP contribution in [0.1, 0.15) is 34.1 Å². The number of benzene rings is 2. The fourth-order valence-corrected chi connectivity index (χ4v) is 3.73. The van der Waals surface area contributed by atoms with E-state index in [0.717, 1.165) is 29.1 Å². The first-order valence-electron chi connectivity index (χ1n) is 7.96. The van der Waals surface area contributed by atoms with Gasteiger partial charge in [-0.3, -0.25) is 9.48 Å². The van der Waals surface area contributed by atoms with E-state index in [0.29, 0.717) is 5.02 Å². The van der Waals surface area contributed by atoms with Crippen molar-refractivity contribution in [3.8, 4) is 11.3 Å². The molecule has 3 aromatic rings. The van der Waals surface area contributed by atoms with E-state index >= 15 is 0 Å². The molecule has 1 aliphatic rings. The monoisotopic (exact) mass is 371 g/mol. The van der Waals surface area contributed by atoms with Gasteiger partial charge < -0.3 is 5.73 Å². The Hall–Kier alpha value is -2.30. The molecule has 4 nitrogen and oxygen atoms in total. The predicted octanol–water partition coefficient (Wildman–Crippen LogP) is 4.49. The summed E-state index contributed by atoms with van der Waals surface area (Å²) in [4.78, 5) is 11.7. The topological polar surface area (TPSA) is 60.9 Å². The number of carbonyl (C=O) groups is 1. The maximum Gasteiger partial charge on any atom is 0.269 e. The van der Waals surface area contributed by atoms with Crippen molar-refractivity contribution < 1.29 is 4.79 Å². The third-order valence-electron chi connectivity index (χ3n) is 4.57. The van der Waals surface area contributed by atoms with Crippen LogP contribution in [0.4, 0.5) is 0 Å². The standard InChI is InChI=1S/C19H15Cl2N3O/c20-13-4-1-11(2-5-13)18-10-16(19(22)25)23-24(18)17-8-3-12-9-14(21)6-7-15(12)17/h1-2,4-7,9-10,17H,3,8H2,(H2,22,25). The van der Waals surface area contributed by atoms with Crippen LogP contribution in [0.2, 0.25) is 10.0 Å². The number of nitrogens with two attached hydrogens (primary N) is 1. The van der Waals surface area contributed by atoms with E-state index < -0.39 is 5.91 Å². The van der Waals surface area contributed by atoms with Crippen LogP contribution in [0.25, 0.3) is 11.3 Å². The van der Waals surface area contributed by atoms with Gasteiger partial charge in [0.2, 0.25) is 0 Å². The largest absolute Gasteiger partial charge is 0.364 e. The normalized spacial score (nSPS) is 16.0. The van der Waals surface area contributed by atoms with Crippen LogP contribution in [-0.4, -0.2) is 15.7 Å². The van der Waals surface area contributed by atoms with Crippen molar-refractivity contribution in [3.05, 3.63) is 75.4 Å². The van der Waals surface area contributed by atoms with Gasteiger partial charge in [-0.15, -0.1) is 0 Å². The SMILES string of the molecule is NC(=O)c1cc(-c2ccc(Cl)cc2)n(C2CCc3cc(Cl)ccc32)n1. The molecular weight excluding hydrogens is 357 g/mol. The molecule has 2 N–H and O–H groups in total. The second-order valence-corrected chi connectivity index (χ2v) is 7.00. The van der Waals surface area contributed by atoms with Crippen molar-refractivity contribution in [1.29, 1.82) is 0 Å². The van der Waals surface area contributed by atoms with E-state index in [9.17, 15) is 4.79 Å². The Morgan fingerprint density at radius 2 is 1.80 bits per heavy atom. The highest BCUT2D eigenvalue weighted by molar-refractivity contribution is 6.30. The van der Waals surface area contributed by atoms with Crippen LogP contribution < -0.4 is 5.73 Å². The molecule has 4 rings (SSSR count). The summed E-state index contributed by atoms with van der Waals surface area (Å²) < 4.78 is 1.89. The van der Waals surface area contributed by atoms with E-state index in [-0.39, 0.29) is 11.7 Å². The van der Waals surface area contributed by atoms with Gasteiger partial charge in [0.25, 0.3) is 5.91 Å². The third kappa shape index (κ3) is 2.92. The summed E-state index contributed by atoms with van der Waals surface area (Å²) in [7, 11) is 0. The lowest BCUT2D eigenvalue weighted by Crippen LogP contribution is -2.15. The van der Waals surface area contributed by atoms with E-state index in [4.69, 9.17) is 28.9 Å². The van der Waals surface area contributed by atoms with E-state index in [2.05, 4.69) is 5.10 Å². The van der Waals surface area contributed by atoms with Crippen molar-refractivity contribution in [1.82, 2.24) is 9.78 Å². The molecule has 0 saturated carbocycles. The lowest BCUT2D eigenvalue weighted by atomic mass is 10.1. The van der Waals surface area contributed by atoms with Crippen molar-refractivity contribution >= 4 is 29.1 Å². The number of aromatic nitrogens is 2. The third-order valence-corrected chi connectivity index (χ3v) is 5.06. The fourth-order valence-electron chi connectivity index (χ4n) is 3.41. The molecule has 0 fully saturated rings. The molecule has 1 atom stereocenters. The number of amides is 1. The molecule has 0 spiro atoms.